The van der Waals surface area contributed by atoms with E-state index in [0.717, 1.165) is 54.0 Å². The van der Waals surface area contributed by atoms with E-state index in [0.29, 0.717) is 29.0 Å². The van der Waals surface area contributed by atoms with Crippen LogP contribution in [0.15, 0.2) is 48.5 Å². The molecule has 1 aliphatic rings. The molecule has 1 unspecified atom stereocenters. The molecule has 162 valence electrons. The number of nitrogens with one attached hydrogen (secondary N) is 2. The Morgan fingerprint density at radius 2 is 2.00 bits per heavy atom. The van der Waals surface area contributed by atoms with Crippen molar-refractivity contribution in [2.45, 2.75) is 44.9 Å². The fourth-order valence-electron chi connectivity index (χ4n) is 4.36. The third kappa shape index (κ3) is 4.34. The summed E-state index contributed by atoms with van der Waals surface area (Å²) in [5.74, 6) is 2.77. The molecule has 1 aliphatic carbocycles. The summed E-state index contributed by atoms with van der Waals surface area (Å²) in [6, 6.07) is 16.0. The molecule has 2 N–H and O–H groups in total. The van der Waals surface area contributed by atoms with E-state index in [1.54, 1.807) is 0 Å². The molecule has 32 heavy (non-hydrogen) atoms. The van der Waals surface area contributed by atoms with Gasteiger partial charge in [0.1, 0.15) is 5.82 Å². The van der Waals surface area contributed by atoms with Crippen LogP contribution in [-0.2, 0) is 12.8 Å². The number of nitrogens with zero attached hydrogens (tertiary/aromatic N) is 5. The van der Waals surface area contributed by atoms with E-state index in [1.165, 1.54) is 5.56 Å². The average molecular weight is 446 g/mol. The molecule has 2 aromatic heterocycles. The standard InChI is InChI=1S/C24H24ClN7/c1-2-4-16-9-12-20-22(16)24(28-23(27-20)17-5-3-6-18(25)14-17)26-19-10-7-15(8-11-19)13-21-29-31-32-30-21/h3,5-8,10-11,14,16H,2,4,9,12-13H2,1H3,(H,26,27,28)(H,29,30,31,32). The number of H-pyrrole nitrogens is 1. The van der Waals surface area contributed by atoms with Gasteiger partial charge in [-0.25, -0.2) is 9.97 Å². The maximum atomic E-state index is 6.23. The molecule has 7 nitrogen and oxygen atoms in total. The van der Waals surface area contributed by atoms with Crippen molar-refractivity contribution in [3.63, 3.8) is 0 Å². The molecule has 2 aromatic carbocycles. The molecule has 0 spiro atoms. The minimum Gasteiger partial charge on any atom is -0.340 e. The smallest absolute Gasteiger partial charge is 0.178 e. The van der Waals surface area contributed by atoms with Crippen LogP contribution in [0.5, 0.6) is 0 Å². The number of hydrogen-bond donors (Lipinski definition) is 2. The number of halogens is 1. The van der Waals surface area contributed by atoms with Gasteiger partial charge in [-0.2, -0.15) is 5.21 Å². The third-order valence-electron chi connectivity index (χ3n) is 5.85. The largest absolute Gasteiger partial charge is 0.340 e. The SMILES string of the molecule is CCCC1CCc2nc(-c3cccc(Cl)c3)nc(Nc3ccc(Cc4nn[nH]n4)cc3)c21. The number of hydrogen-bond acceptors (Lipinski definition) is 6. The second-order valence-electron chi connectivity index (χ2n) is 8.12. The molecular formula is C24H24ClN7. The van der Waals surface area contributed by atoms with E-state index in [9.17, 15) is 0 Å². The van der Waals surface area contributed by atoms with Crippen molar-refractivity contribution < 1.29 is 0 Å². The average Bonchev–Trinajstić information content (AvgIpc) is 3.46. The van der Waals surface area contributed by atoms with Gasteiger partial charge in [-0.3, -0.25) is 0 Å². The Balaban J connectivity index is 1.47. The van der Waals surface area contributed by atoms with Crippen LogP contribution >= 0.6 is 11.6 Å². The minimum atomic E-state index is 0.489. The molecule has 0 saturated heterocycles. The van der Waals surface area contributed by atoms with Crippen LogP contribution in [0, 0.1) is 0 Å². The number of aromatic nitrogens is 6. The molecule has 8 heteroatoms. The molecule has 0 fully saturated rings. The summed E-state index contributed by atoms with van der Waals surface area (Å²) in [6.45, 7) is 2.23. The molecular weight excluding hydrogens is 422 g/mol. The number of rotatable bonds is 7. The lowest BCUT2D eigenvalue weighted by Crippen LogP contribution is -2.06. The summed E-state index contributed by atoms with van der Waals surface area (Å²) in [7, 11) is 0. The Hall–Kier alpha value is -3.32. The van der Waals surface area contributed by atoms with E-state index in [2.05, 4.69) is 57.1 Å². The fraction of sp³-hybridized carbons (Fsp3) is 0.292. The zero-order valence-electron chi connectivity index (χ0n) is 17.8. The summed E-state index contributed by atoms with van der Waals surface area (Å²) in [4.78, 5) is 9.88. The number of tetrazole rings is 1. The molecule has 2 heterocycles. The van der Waals surface area contributed by atoms with Crippen LogP contribution in [0.25, 0.3) is 11.4 Å². The van der Waals surface area contributed by atoms with Crippen molar-refractivity contribution in [3.8, 4) is 11.4 Å². The highest BCUT2D eigenvalue weighted by Crippen LogP contribution is 2.41. The van der Waals surface area contributed by atoms with E-state index >= 15 is 0 Å². The Kier molecular flexibility index (Phi) is 5.81. The summed E-state index contributed by atoms with van der Waals surface area (Å²) in [5.41, 5.74) is 5.44. The zero-order valence-corrected chi connectivity index (χ0v) is 18.6. The predicted molar refractivity (Wildman–Crippen MR) is 125 cm³/mol. The highest BCUT2D eigenvalue weighted by Gasteiger charge is 2.28. The van der Waals surface area contributed by atoms with E-state index < -0.39 is 0 Å². The van der Waals surface area contributed by atoms with Gasteiger partial charge in [-0.05, 0) is 55.0 Å². The van der Waals surface area contributed by atoms with Crippen molar-refractivity contribution in [2.24, 2.45) is 0 Å². The summed E-state index contributed by atoms with van der Waals surface area (Å²) in [5, 5.41) is 18.4. The molecule has 0 aliphatic heterocycles. The Morgan fingerprint density at radius 3 is 2.75 bits per heavy atom. The number of benzene rings is 2. The quantitative estimate of drug-likeness (QED) is 0.391. The van der Waals surface area contributed by atoms with Crippen LogP contribution in [0.3, 0.4) is 0 Å². The van der Waals surface area contributed by atoms with Gasteiger partial charge >= 0.3 is 0 Å². The highest BCUT2D eigenvalue weighted by atomic mass is 35.5. The van der Waals surface area contributed by atoms with Gasteiger partial charge in [0.2, 0.25) is 0 Å². The van der Waals surface area contributed by atoms with E-state index in [4.69, 9.17) is 21.6 Å². The Morgan fingerprint density at radius 1 is 1.12 bits per heavy atom. The second kappa shape index (κ2) is 9.04. The number of anilines is 2. The Bertz CT molecular complexity index is 1210. The van der Waals surface area contributed by atoms with Crippen LogP contribution < -0.4 is 5.32 Å². The maximum Gasteiger partial charge on any atom is 0.178 e. The van der Waals surface area contributed by atoms with E-state index in [1.807, 2.05) is 24.3 Å². The van der Waals surface area contributed by atoms with Gasteiger partial charge in [-0.15, -0.1) is 10.2 Å². The van der Waals surface area contributed by atoms with Gasteiger partial charge < -0.3 is 5.32 Å². The second-order valence-corrected chi connectivity index (χ2v) is 8.55. The number of aryl methyl sites for hydroxylation is 1. The first-order chi connectivity index (χ1) is 15.7. The van der Waals surface area contributed by atoms with Crippen LogP contribution in [0.4, 0.5) is 11.5 Å². The van der Waals surface area contributed by atoms with Crippen LogP contribution in [-0.4, -0.2) is 30.6 Å². The van der Waals surface area contributed by atoms with Gasteiger partial charge in [0, 0.05) is 28.3 Å². The number of fused-ring (bicyclic) bond motifs is 1. The van der Waals surface area contributed by atoms with Crippen molar-refractivity contribution in [3.05, 3.63) is 76.2 Å². The van der Waals surface area contributed by atoms with Crippen LogP contribution in [0.2, 0.25) is 5.02 Å². The third-order valence-corrected chi connectivity index (χ3v) is 6.09. The molecule has 5 rings (SSSR count). The van der Waals surface area contributed by atoms with Gasteiger partial charge in [-0.1, -0.05) is 54.4 Å². The van der Waals surface area contributed by atoms with Crippen molar-refractivity contribution in [2.75, 3.05) is 5.32 Å². The lowest BCUT2D eigenvalue weighted by molar-refractivity contribution is 0.608. The van der Waals surface area contributed by atoms with Crippen molar-refractivity contribution >= 4 is 23.1 Å². The van der Waals surface area contributed by atoms with E-state index in [-0.39, 0.29) is 0 Å². The molecule has 0 saturated carbocycles. The minimum absolute atomic E-state index is 0.489. The summed E-state index contributed by atoms with van der Waals surface area (Å²) >= 11 is 6.23. The fourth-order valence-corrected chi connectivity index (χ4v) is 4.55. The number of aromatic amines is 1. The maximum absolute atomic E-state index is 6.23. The van der Waals surface area contributed by atoms with Crippen LogP contribution in [0.1, 0.15) is 54.7 Å². The summed E-state index contributed by atoms with van der Waals surface area (Å²) < 4.78 is 0. The lowest BCUT2D eigenvalue weighted by atomic mass is 9.97. The first kappa shape index (κ1) is 20.6. The molecule has 4 aromatic rings. The highest BCUT2D eigenvalue weighted by molar-refractivity contribution is 6.30. The molecule has 1 atom stereocenters. The monoisotopic (exact) mass is 445 g/mol. The molecule has 0 radical (unpaired) electrons. The first-order valence-corrected chi connectivity index (χ1v) is 11.3. The van der Waals surface area contributed by atoms with Gasteiger partial charge in [0.25, 0.3) is 0 Å². The topological polar surface area (TPSA) is 92.3 Å². The molecule has 0 bridgehead atoms. The summed E-state index contributed by atoms with van der Waals surface area (Å²) in [6.07, 6.45) is 5.02. The van der Waals surface area contributed by atoms with Gasteiger partial charge in [0.15, 0.2) is 11.6 Å². The first-order valence-electron chi connectivity index (χ1n) is 10.9. The van der Waals surface area contributed by atoms with Crippen molar-refractivity contribution in [1.29, 1.82) is 0 Å². The predicted octanol–water partition coefficient (Wildman–Crippen LogP) is 5.47. The van der Waals surface area contributed by atoms with Gasteiger partial charge in [0.05, 0.1) is 5.69 Å². The molecule has 0 amide bonds. The Labute approximate surface area is 191 Å². The zero-order chi connectivity index (χ0) is 21.9. The lowest BCUT2D eigenvalue weighted by Gasteiger charge is -2.17. The van der Waals surface area contributed by atoms with Crippen molar-refractivity contribution in [1.82, 2.24) is 30.6 Å². The normalized spacial score (nSPS) is 15.0.